The molecule has 0 aliphatic carbocycles. The molecule has 2 aromatic rings. The largest absolute Gasteiger partial charge is 0.325 e. The van der Waals surface area contributed by atoms with Crippen LogP contribution < -0.4 is 11.3 Å². The number of aromatic nitrogens is 2. The molecule has 0 bridgehead atoms. The summed E-state index contributed by atoms with van der Waals surface area (Å²) in [6.45, 7) is 0.128. The highest BCUT2D eigenvalue weighted by Gasteiger charge is 2.07. The van der Waals surface area contributed by atoms with E-state index >= 15 is 0 Å². The highest BCUT2D eigenvalue weighted by Crippen LogP contribution is 2.12. The number of halogens is 2. The van der Waals surface area contributed by atoms with Gasteiger partial charge in [0, 0.05) is 25.1 Å². The number of hydrogen-bond donors (Lipinski definition) is 2. The second-order valence-corrected chi connectivity index (χ2v) is 3.80. The van der Waals surface area contributed by atoms with E-state index < -0.39 is 11.6 Å². The maximum absolute atomic E-state index is 13.4. The Labute approximate surface area is 101 Å². The van der Waals surface area contributed by atoms with E-state index in [2.05, 4.69) is 9.97 Å². The summed E-state index contributed by atoms with van der Waals surface area (Å²) in [6, 6.07) is 4.55. The van der Waals surface area contributed by atoms with Gasteiger partial charge in [0.05, 0.1) is 5.69 Å². The van der Waals surface area contributed by atoms with E-state index in [0.717, 1.165) is 12.1 Å². The molecule has 0 fully saturated rings. The van der Waals surface area contributed by atoms with Crippen LogP contribution in [0, 0.1) is 11.6 Å². The maximum atomic E-state index is 13.4. The zero-order chi connectivity index (χ0) is 13.1. The summed E-state index contributed by atoms with van der Waals surface area (Å²) < 4.78 is 26.2. The van der Waals surface area contributed by atoms with Crippen LogP contribution in [-0.2, 0) is 13.0 Å². The topological polar surface area (TPSA) is 71.8 Å². The first-order valence-corrected chi connectivity index (χ1v) is 5.31. The van der Waals surface area contributed by atoms with Crippen molar-refractivity contribution in [3.63, 3.8) is 0 Å². The Morgan fingerprint density at radius 3 is 2.72 bits per heavy atom. The molecule has 0 amide bonds. The van der Waals surface area contributed by atoms with Crippen molar-refractivity contribution in [1.29, 1.82) is 0 Å². The SMILES string of the molecule is NCc1cc(=O)[nH]c(Cc2ccc(F)cc2F)n1. The molecular formula is C12H11F2N3O. The summed E-state index contributed by atoms with van der Waals surface area (Å²) >= 11 is 0. The van der Waals surface area contributed by atoms with Crippen molar-refractivity contribution in [1.82, 2.24) is 9.97 Å². The van der Waals surface area contributed by atoms with E-state index in [-0.39, 0.29) is 24.1 Å². The molecule has 0 unspecified atom stereocenters. The van der Waals surface area contributed by atoms with Crippen LogP contribution in [0.5, 0.6) is 0 Å². The number of rotatable bonds is 3. The van der Waals surface area contributed by atoms with Crippen molar-refractivity contribution in [2.75, 3.05) is 0 Å². The van der Waals surface area contributed by atoms with E-state index in [4.69, 9.17) is 5.73 Å². The molecule has 0 spiro atoms. The van der Waals surface area contributed by atoms with Crippen molar-refractivity contribution in [2.45, 2.75) is 13.0 Å². The summed E-state index contributed by atoms with van der Waals surface area (Å²) in [5, 5.41) is 0. The molecule has 0 saturated heterocycles. The number of nitrogens with two attached hydrogens (primary N) is 1. The summed E-state index contributed by atoms with van der Waals surface area (Å²) in [4.78, 5) is 17.9. The van der Waals surface area contributed by atoms with E-state index in [1.54, 1.807) is 0 Å². The molecule has 0 saturated carbocycles. The predicted molar refractivity (Wildman–Crippen MR) is 61.9 cm³/mol. The van der Waals surface area contributed by atoms with E-state index in [0.29, 0.717) is 11.5 Å². The summed E-state index contributed by atoms with van der Waals surface area (Å²) in [5.41, 5.74) is 5.73. The van der Waals surface area contributed by atoms with Gasteiger partial charge in [0.25, 0.3) is 5.56 Å². The van der Waals surface area contributed by atoms with Gasteiger partial charge in [-0.2, -0.15) is 0 Å². The fourth-order valence-corrected chi connectivity index (χ4v) is 1.60. The number of nitrogens with zero attached hydrogens (tertiary/aromatic N) is 1. The Hall–Kier alpha value is -2.08. The van der Waals surface area contributed by atoms with Crippen molar-refractivity contribution < 1.29 is 8.78 Å². The molecule has 0 aliphatic rings. The molecule has 0 atom stereocenters. The molecule has 0 radical (unpaired) electrons. The monoisotopic (exact) mass is 251 g/mol. The number of nitrogens with one attached hydrogen (secondary N) is 1. The van der Waals surface area contributed by atoms with Gasteiger partial charge in [-0.3, -0.25) is 4.79 Å². The molecule has 18 heavy (non-hydrogen) atoms. The van der Waals surface area contributed by atoms with Crippen LogP contribution in [0.3, 0.4) is 0 Å². The third-order valence-electron chi connectivity index (χ3n) is 2.43. The van der Waals surface area contributed by atoms with Gasteiger partial charge in [-0.15, -0.1) is 0 Å². The number of aromatic amines is 1. The molecule has 3 N–H and O–H groups in total. The first-order chi connectivity index (χ1) is 8.58. The van der Waals surface area contributed by atoms with Crippen LogP contribution in [-0.4, -0.2) is 9.97 Å². The van der Waals surface area contributed by atoms with Crippen LogP contribution in [0.15, 0.2) is 29.1 Å². The van der Waals surface area contributed by atoms with Crippen molar-refractivity contribution in [3.8, 4) is 0 Å². The Bertz CT molecular complexity index is 625. The molecule has 1 aromatic carbocycles. The Morgan fingerprint density at radius 2 is 2.06 bits per heavy atom. The van der Waals surface area contributed by atoms with Crippen LogP contribution >= 0.6 is 0 Å². The lowest BCUT2D eigenvalue weighted by Gasteiger charge is -2.04. The first-order valence-electron chi connectivity index (χ1n) is 5.31. The zero-order valence-corrected chi connectivity index (χ0v) is 9.41. The molecule has 4 nitrogen and oxygen atoms in total. The van der Waals surface area contributed by atoms with Crippen LogP contribution in [0.1, 0.15) is 17.1 Å². The maximum Gasteiger partial charge on any atom is 0.251 e. The van der Waals surface area contributed by atoms with Crippen molar-refractivity contribution >= 4 is 0 Å². The minimum absolute atomic E-state index is 0.0786. The predicted octanol–water partition coefficient (Wildman–Crippen LogP) is 1.10. The van der Waals surface area contributed by atoms with Gasteiger partial charge in [-0.05, 0) is 11.6 Å². The first kappa shape index (κ1) is 12.4. The molecular weight excluding hydrogens is 240 g/mol. The van der Waals surface area contributed by atoms with Gasteiger partial charge >= 0.3 is 0 Å². The van der Waals surface area contributed by atoms with Gasteiger partial charge in [0.1, 0.15) is 17.5 Å². The second kappa shape index (κ2) is 5.05. The quantitative estimate of drug-likeness (QED) is 0.858. The fourth-order valence-electron chi connectivity index (χ4n) is 1.60. The summed E-state index contributed by atoms with van der Waals surface area (Å²) in [7, 11) is 0. The smallest absolute Gasteiger partial charge is 0.251 e. The van der Waals surface area contributed by atoms with Gasteiger partial charge in [0.2, 0.25) is 0 Å². The molecule has 1 heterocycles. The molecule has 0 aliphatic heterocycles. The average Bonchev–Trinajstić information content (AvgIpc) is 2.32. The molecule has 2 rings (SSSR count). The summed E-state index contributed by atoms with van der Waals surface area (Å²) in [5.74, 6) is -1.02. The summed E-state index contributed by atoms with van der Waals surface area (Å²) in [6.07, 6.45) is 0.0786. The van der Waals surface area contributed by atoms with Crippen molar-refractivity contribution in [2.24, 2.45) is 5.73 Å². The van der Waals surface area contributed by atoms with Gasteiger partial charge in [-0.1, -0.05) is 6.07 Å². The number of H-pyrrole nitrogens is 1. The van der Waals surface area contributed by atoms with Gasteiger partial charge in [0.15, 0.2) is 0 Å². The molecule has 6 heteroatoms. The van der Waals surface area contributed by atoms with Crippen LogP contribution in [0.2, 0.25) is 0 Å². The average molecular weight is 251 g/mol. The van der Waals surface area contributed by atoms with E-state index in [1.807, 2.05) is 0 Å². The highest BCUT2D eigenvalue weighted by atomic mass is 19.1. The highest BCUT2D eigenvalue weighted by molar-refractivity contribution is 5.22. The second-order valence-electron chi connectivity index (χ2n) is 3.80. The minimum Gasteiger partial charge on any atom is -0.325 e. The van der Waals surface area contributed by atoms with Gasteiger partial charge < -0.3 is 10.7 Å². The zero-order valence-electron chi connectivity index (χ0n) is 9.41. The Morgan fingerprint density at radius 1 is 1.28 bits per heavy atom. The third-order valence-corrected chi connectivity index (χ3v) is 2.43. The van der Waals surface area contributed by atoms with Crippen molar-refractivity contribution in [3.05, 3.63) is 63.3 Å². The minimum atomic E-state index is -0.671. The number of benzene rings is 1. The van der Waals surface area contributed by atoms with E-state index in [1.165, 1.54) is 12.1 Å². The lowest BCUT2D eigenvalue weighted by atomic mass is 10.1. The molecule has 94 valence electrons. The lowest BCUT2D eigenvalue weighted by Crippen LogP contribution is -2.15. The Kier molecular flexibility index (Phi) is 3.47. The standard InChI is InChI=1S/C12H11F2N3O/c13-8-2-1-7(10(14)4-8)3-11-16-9(6-15)5-12(18)17-11/h1-2,4-5H,3,6,15H2,(H,16,17,18). The van der Waals surface area contributed by atoms with Crippen LogP contribution in [0.25, 0.3) is 0 Å². The van der Waals surface area contributed by atoms with Crippen LogP contribution in [0.4, 0.5) is 8.78 Å². The van der Waals surface area contributed by atoms with Gasteiger partial charge in [-0.25, -0.2) is 13.8 Å². The Balaban J connectivity index is 2.33. The lowest BCUT2D eigenvalue weighted by molar-refractivity contribution is 0.573. The number of hydrogen-bond acceptors (Lipinski definition) is 3. The molecule has 1 aromatic heterocycles. The van der Waals surface area contributed by atoms with E-state index in [9.17, 15) is 13.6 Å². The fraction of sp³-hybridized carbons (Fsp3) is 0.167. The normalized spacial score (nSPS) is 10.6. The third kappa shape index (κ3) is 2.78.